The van der Waals surface area contributed by atoms with Crippen LogP contribution in [-0.4, -0.2) is 26.0 Å². The topological polar surface area (TPSA) is 89.2 Å². The summed E-state index contributed by atoms with van der Waals surface area (Å²) in [6.45, 7) is 1.59. The number of nitrogens with one attached hydrogen (secondary N) is 1. The number of carbonyl (C=O) groups is 1. The Kier molecular flexibility index (Phi) is 3.18. The summed E-state index contributed by atoms with van der Waals surface area (Å²) in [6.07, 6.45) is 0. The number of hydrogen-bond donors (Lipinski definition) is 1. The lowest BCUT2D eigenvalue weighted by Crippen LogP contribution is -2.46. The smallest absolute Gasteiger partial charge is 0.289 e. The second-order valence-electron chi connectivity index (χ2n) is 5.75. The molecule has 3 aromatic rings. The van der Waals surface area contributed by atoms with E-state index in [1.54, 1.807) is 61.5 Å². The number of benzene rings is 2. The lowest BCUT2D eigenvalue weighted by Gasteiger charge is -2.26. The lowest BCUT2D eigenvalue weighted by molar-refractivity contribution is 0.0849. The molecule has 2 heterocycles. The summed E-state index contributed by atoms with van der Waals surface area (Å²) in [7, 11) is 0. The Bertz CT molecular complexity index is 1110. The predicted octanol–water partition coefficient (Wildman–Crippen LogP) is 1.20. The van der Waals surface area contributed by atoms with E-state index < -0.39 is 17.0 Å². The van der Waals surface area contributed by atoms with Gasteiger partial charge in [-0.3, -0.25) is 9.78 Å². The van der Waals surface area contributed by atoms with Gasteiger partial charge in [-0.1, -0.05) is 60.7 Å². The highest BCUT2D eigenvalue weighted by Crippen LogP contribution is 2.34. The Labute approximate surface area is 141 Å². The molecule has 2 aromatic carbocycles. The second kappa shape index (κ2) is 5.27. The van der Waals surface area contributed by atoms with Gasteiger partial charge in [0.25, 0.3) is 0 Å². The van der Waals surface area contributed by atoms with E-state index in [-0.39, 0.29) is 11.6 Å². The number of aliphatic imine (C=N–C) groups is 1. The second-order valence-corrected chi connectivity index (χ2v) is 5.75. The van der Waals surface area contributed by atoms with Crippen LogP contribution in [0.3, 0.4) is 0 Å². The number of H-pyrrole nitrogens is 1. The van der Waals surface area contributed by atoms with Crippen molar-refractivity contribution in [3.8, 4) is 0 Å². The van der Waals surface area contributed by atoms with Gasteiger partial charge in [0.1, 0.15) is 5.84 Å². The van der Waals surface area contributed by atoms with Gasteiger partial charge >= 0.3 is 11.4 Å². The first kappa shape index (κ1) is 15.1. The van der Waals surface area contributed by atoms with Crippen molar-refractivity contribution in [2.24, 2.45) is 4.99 Å². The molecule has 1 aliphatic rings. The normalized spacial score (nSPS) is 18.7. The summed E-state index contributed by atoms with van der Waals surface area (Å²) in [6, 6.07) is 17.4. The number of aromatic nitrogens is 3. The fourth-order valence-electron chi connectivity index (χ4n) is 3.22. The molecule has 0 saturated carbocycles. The maximum Gasteiger partial charge on any atom is 0.350 e. The van der Waals surface area contributed by atoms with E-state index in [1.165, 1.54) is 0 Å². The minimum atomic E-state index is -1.65. The molecule has 1 unspecified atom stereocenters. The fraction of sp³-hybridized carbons (Fsp3) is 0.111. The molecule has 7 heteroatoms. The van der Waals surface area contributed by atoms with Gasteiger partial charge in [-0.05, 0) is 6.92 Å². The standard InChI is InChI=1S/C18H14N4O3/c1-12-20-18(14-10-6-3-7-11-14,15(23)13-8-4-2-5-9-13)22-17(25)19-16(24)21(12)22/h2-11H,1H3,(H,19,24,25). The third-order valence-electron chi connectivity index (χ3n) is 4.26. The third-order valence-corrected chi connectivity index (χ3v) is 4.26. The van der Waals surface area contributed by atoms with E-state index in [1.807, 2.05) is 6.07 Å². The molecular formula is C18H14N4O3. The average Bonchev–Trinajstić information content (AvgIpc) is 3.12. The summed E-state index contributed by atoms with van der Waals surface area (Å²) in [4.78, 5) is 44.7. The van der Waals surface area contributed by atoms with Gasteiger partial charge < -0.3 is 0 Å². The predicted molar refractivity (Wildman–Crippen MR) is 92.1 cm³/mol. The molecule has 0 spiro atoms. The van der Waals surface area contributed by atoms with Crippen LogP contribution in [-0.2, 0) is 5.66 Å². The maximum absolute atomic E-state index is 13.4. The van der Waals surface area contributed by atoms with Gasteiger partial charge in [0.15, 0.2) is 0 Å². The number of Topliss-reactive ketones (excluding diaryl/α,β-unsaturated/α-hetero) is 1. The zero-order chi connectivity index (χ0) is 17.6. The number of carbonyl (C=O) groups excluding carboxylic acids is 1. The molecule has 25 heavy (non-hydrogen) atoms. The molecular weight excluding hydrogens is 320 g/mol. The van der Waals surface area contributed by atoms with Crippen LogP contribution in [0, 0.1) is 0 Å². The van der Waals surface area contributed by atoms with Crippen LogP contribution in [0.4, 0.5) is 0 Å². The summed E-state index contributed by atoms with van der Waals surface area (Å²) in [5, 5.41) is 0. The zero-order valence-electron chi connectivity index (χ0n) is 13.3. The van der Waals surface area contributed by atoms with E-state index in [4.69, 9.17) is 0 Å². The van der Waals surface area contributed by atoms with Crippen LogP contribution in [0.25, 0.3) is 0 Å². The molecule has 1 aliphatic heterocycles. The average molecular weight is 334 g/mol. The Balaban J connectivity index is 2.10. The first-order chi connectivity index (χ1) is 12.1. The Morgan fingerprint density at radius 3 is 2.20 bits per heavy atom. The zero-order valence-corrected chi connectivity index (χ0v) is 13.3. The number of hydrogen-bond acceptors (Lipinski definition) is 4. The van der Waals surface area contributed by atoms with Crippen molar-refractivity contribution in [3.63, 3.8) is 0 Å². The van der Waals surface area contributed by atoms with Gasteiger partial charge in [0.05, 0.1) is 0 Å². The van der Waals surface area contributed by atoms with Crippen molar-refractivity contribution < 1.29 is 4.79 Å². The largest absolute Gasteiger partial charge is 0.350 e. The number of ketones is 1. The van der Waals surface area contributed by atoms with Crippen molar-refractivity contribution in [2.75, 3.05) is 0 Å². The van der Waals surface area contributed by atoms with E-state index in [0.717, 1.165) is 9.36 Å². The minimum absolute atomic E-state index is 0.275. The van der Waals surface area contributed by atoms with E-state index >= 15 is 0 Å². The molecule has 1 atom stereocenters. The van der Waals surface area contributed by atoms with Gasteiger partial charge in [0, 0.05) is 11.1 Å². The van der Waals surface area contributed by atoms with Crippen LogP contribution >= 0.6 is 0 Å². The van der Waals surface area contributed by atoms with Gasteiger partial charge in [-0.25, -0.2) is 14.6 Å². The Morgan fingerprint density at radius 2 is 1.56 bits per heavy atom. The maximum atomic E-state index is 13.4. The molecule has 124 valence electrons. The van der Waals surface area contributed by atoms with Crippen molar-refractivity contribution in [1.82, 2.24) is 14.3 Å². The highest BCUT2D eigenvalue weighted by atomic mass is 16.2. The summed E-state index contributed by atoms with van der Waals surface area (Å²) < 4.78 is 2.20. The van der Waals surface area contributed by atoms with E-state index in [0.29, 0.717) is 11.1 Å². The molecule has 1 N–H and O–H groups in total. The highest BCUT2D eigenvalue weighted by Gasteiger charge is 2.49. The molecule has 0 bridgehead atoms. The Hall–Kier alpha value is -3.48. The van der Waals surface area contributed by atoms with Crippen molar-refractivity contribution in [3.05, 3.63) is 92.8 Å². The number of nitrogens with zero attached hydrogens (tertiary/aromatic N) is 3. The van der Waals surface area contributed by atoms with Crippen LogP contribution < -0.4 is 11.4 Å². The minimum Gasteiger partial charge on any atom is -0.289 e. The van der Waals surface area contributed by atoms with Crippen molar-refractivity contribution in [1.29, 1.82) is 0 Å². The lowest BCUT2D eigenvalue weighted by atomic mass is 9.91. The summed E-state index contributed by atoms with van der Waals surface area (Å²) in [5.74, 6) is -0.109. The first-order valence-electron chi connectivity index (χ1n) is 7.73. The van der Waals surface area contributed by atoms with Gasteiger partial charge in [0.2, 0.25) is 11.4 Å². The van der Waals surface area contributed by atoms with Gasteiger partial charge in [-0.15, -0.1) is 0 Å². The summed E-state index contributed by atoms with van der Waals surface area (Å²) in [5.41, 5.74) is -2.04. The number of aromatic amines is 1. The van der Waals surface area contributed by atoms with E-state index in [2.05, 4.69) is 9.98 Å². The number of rotatable bonds is 3. The van der Waals surface area contributed by atoms with Crippen LogP contribution in [0.2, 0.25) is 0 Å². The van der Waals surface area contributed by atoms with Crippen LogP contribution in [0.15, 0.2) is 75.2 Å². The third kappa shape index (κ3) is 1.99. The molecule has 0 radical (unpaired) electrons. The van der Waals surface area contributed by atoms with E-state index in [9.17, 15) is 14.4 Å². The molecule has 0 fully saturated rings. The molecule has 0 amide bonds. The Morgan fingerprint density at radius 1 is 0.960 bits per heavy atom. The molecule has 4 rings (SSSR count). The van der Waals surface area contributed by atoms with Crippen LogP contribution in [0.1, 0.15) is 22.8 Å². The molecule has 0 saturated heterocycles. The molecule has 7 nitrogen and oxygen atoms in total. The first-order valence-corrected chi connectivity index (χ1v) is 7.73. The fourth-order valence-corrected chi connectivity index (χ4v) is 3.22. The van der Waals surface area contributed by atoms with Crippen LogP contribution in [0.5, 0.6) is 0 Å². The monoisotopic (exact) mass is 334 g/mol. The van der Waals surface area contributed by atoms with Crippen molar-refractivity contribution in [2.45, 2.75) is 12.6 Å². The SMILES string of the molecule is CC1=NC(C(=O)c2ccccc2)(c2ccccc2)n2c(=O)[nH]c(=O)n21. The van der Waals surface area contributed by atoms with Gasteiger partial charge in [-0.2, -0.15) is 9.36 Å². The molecule has 1 aromatic heterocycles. The van der Waals surface area contributed by atoms with Crippen molar-refractivity contribution >= 4 is 11.6 Å². The quantitative estimate of drug-likeness (QED) is 0.730. The summed E-state index contributed by atoms with van der Waals surface area (Å²) >= 11 is 0. The number of fused-ring (bicyclic) bond motifs is 1. The molecule has 0 aliphatic carbocycles. The highest BCUT2D eigenvalue weighted by molar-refractivity contribution is 6.06.